The number of aliphatic hydroxyl groups is 1. The summed E-state index contributed by atoms with van der Waals surface area (Å²) >= 11 is 0. The Kier molecular flexibility index (Phi) is 6.37. The van der Waals surface area contributed by atoms with Crippen molar-refractivity contribution in [2.75, 3.05) is 41.0 Å². The SMILES string of the molecule is COC1CNCC(OC)C1(CCCCO)OC. The van der Waals surface area contributed by atoms with Gasteiger partial charge >= 0.3 is 0 Å². The quantitative estimate of drug-likeness (QED) is 0.628. The van der Waals surface area contributed by atoms with Crippen molar-refractivity contribution >= 4 is 0 Å². The molecule has 0 saturated carbocycles. The zero-order chi connectivity index (χ0) is 12.7. The maximum atomic E-state index is 8.88. The number of hydrogen-bond acceptors (Lipinski definition) is 5. The summed E-state index contributed by atoms with van der Waals surface area (Å²) in [5.74, 6) is 0. The molecule has 2 atom stereocenters. The molecule has 0 spiro atoms. The number of nitrogens with one attached hydrogen (secondary N) is 1. The lowest BCUT2D eigenvalue weighted by Gasteiger charge is -2.47. The second-order valence-electron chi connectivity index (χ2n) is 4.45. The van der Waals surface area contributed by atoms with Crippen LogP contribution >= 0.6 is 0 Å². The predicted octanol–water partition coefficient (Wildman–Crippen LogP) is 0.167. The van der Waals surface area contributed by atoms with E-state index in [1.54, 1.807) is 21.3 Å². The molecule has 0 bridgehead atoms. The molecule has 0 aliphatic carbocycles. The fourth-order valence-corrected chi connectivity index (χ4v) is 2.66. The van der Waals surface area contributed by atoms with E-state index in [0.717, 1.165) is 32.4 Å². The van der Waals surface area contributed by atoms with E-state index in [0.29, 0.717) is 0 Å². The second-order valence-corrected chi connectivity index (χ2v) is 4.45. The molecule has 1 aliphatic rings. The summed E-state index contributed by atoms with van der Waals surface area (Å²) in [5.41, 5.74) is -0.413. The molecule has 1 rings (SSSR count). The molecule has 1 saturated heterocycles. The minimum Gasteiger partial charge on any atom is -0.396 e. The molecule has 2 N–H and O–H groups in total. The first-order chi connectivity index (χ1) is 8.25. The average molecular weight is 247 g/mol. The van der Waals surface area contributed by atoms with Crippen molar-refractivity contribution in [3.63, 3.8) is 0 Å². The van der Waals surface area contributed by atoms with Gasteiger partial charge in [0.05, 0.1) is 0 Å². The van der Waals surface area contributed by atoms with Gasteiger partial charge in [0.2, 0.25) is 0 Å². The molecule has 1 fully saturated rings. The standard InChI is InChI=1S/C12H25NO4/c1-15-10-8-13-9-11(16-2)12(10,17-3)6-4-5-7-14/h10-11,13-14H,4-9H2,1-3H3. The molecule has 17 heavy (non-hydrogen) atoms. The molecule has 2 unspecified atom stereocenters. The van der Waals surface area contributed by atoms with Gasteiger partial charge in [-0.3, -0.25) is 0 Å². The van der Waals surface area contributed by atoms with Gasteiger partial charge < -0.3 is 24.6 Å². The van der Waals surface area contributed by atoms with Crippen LogP contribution in [0.3, 0.4) is 0 Å². The Balaban J connectivity index is 2.76. The van der Waals surface area contributed by atoms with E-state index in [9.17, 15) is 0 Å². The molecule has 0 radical (unpaired) electrons. The molecular weight excluding hydrogens is 222 g/mol. The summed E-state index contributed by atoms with van der Waals surface area (Å²) in [6, 6.07) is 0. The van der Waals surface area contributed by atoms with Crippen LogP contribution in [0.5, 0.6) is 0 Å². The van der Waals surface area contributed by atoms with E-state index in [1.165, 1.54) is 0 Å². The van der Waals surface area contributed by atoms with Crippen molar-refractivity contribution in [2.24, 2.45) is 0 Å². The fourth-order valence-electron chi connectivity index (χ4n) is 2.66. The lowest BCUT2D eigenvalue weighted by molar-refractivity contribution is -0.198. The van der Waals surface area contributed by atoms with Gasteiger partial charge in [0.15, 0.2) is 0 Å². The highest BCUT2D eigenvalue weighted by Gasteiger charge is 2.48. The van der Waals surface area contributed by atoms with Gasteiger partial charge in [-0.25, -0.2) is 0 Å². The third-order valence-corrected chi connectivity index (χ3v) is 3.67. The molecule has 102 valence electrons. The Morgan fingerprint density at radius 3 is 2.12 bits per heavy atom. The Hall–Kier alpha value is -0.200. The number of aliphatic hydroxyl groups excluding tert-OH is 1. The van der Waals surface area contributed by atoms with Gasteiger partial charge in [-0.05, 0) is 19.3 Å². The lowest BCUT2D eigenvalue weighted by atomic mass is 9.82. The van der Waals surface area contributed by atoms with E-state index in [2.05, 4.69) is 5.32 Å². The van der Waals surface area contributed by atoms with E-state index < -0.39 is 5.60 Å². The first kappa shape index (κ1) is 14.9. The highest BCUT2D eigenvalue weighted by molar-refractivity contribution is 5.01. The smallest absolute Gasteiger partial charge is 0.122 e. The third-order valence-electron chi connectivity index (χ3n) is 3.67. The van der Waals surface area contributed by atoms with Crippen molar-refractivity contribution in [3.8, 4) is 0 Å². The molecule has 1 aliphatic heterocycles. The first-order valence-electron chi connectivity index (χ1n) is 6.17. The van der Waals surface area contributed by atoms with Gasteiger partial charge in [-0.15, -0.1) is 0 Å². The van der Waals surface area contributed by atoms with Crippen LogP contribution in [0.15, 0.2) is 0 Å². The zero-order valence-electron chi connectivity index (χ0n) is 11.1. The molecule has 0 amide bonds. The van der Waals surface area contributed by atoms with Gasteiger partial charge in [-0.1, -0.05) is 0 Å². The Morgan fingerprint density at radius 1 is 1.12 bits per heavy atom. The number of hydrogen-bond donors (Lipinski definition) is 2. The zero-order valence-corrected chi connectivity index (χ0v) is 11.1. The minimum atomic E-state index is -0.413. The highest BCUT2D eigenvalue weighted by Crippen LogP contribution is 2.32. The Labute approximate surface area is 103 Å². The van der Waals surface area contributed by atoms with E-state index in [4.69, 9.17) is 19.3 Å². The molecule has 5 nitrogen and oxygen atoms in total. The summed E-state index contributed by atoms with van der Waals surface area (Å²) in [6.07, 6.45) is 2.48. The number of methoxy groups -OCH3 is 3. The topological polar surface area (TPSA) is 60.0 Å². The summed E-state index contributed by atoms with van der Waals surface area (Å²) in [7, 11) is 5.11. The van der Waals surface area contributed by atoms with Crippen LogP contribution in [0.4, 0.5) is 0 Å². The van der Waals surface area contributed by atoms with Crippen molar-refractivity contribution in [2.45, 2.75) is 37.1 Å². The maximum Gasteiger partial charge on any atom is 0.122 e. The highest BCUT2D eigenvalue weighted by atomic mass is 16.6. The molecule has 5 heteroatoms. The summed E-state index contributed by atoms with van der Waals surface area (Å²) in [6.45, 7) is 1.75. The number of piperidine rings is 1. The minimum absolute atomic E-state index is 0.0232. The van der Waals surface area contributed by atoms with Gasteiger partial charge in [0.1, 0.15) is 17.8 Å². The summed E-state index contributed by atoms with van der Waals surface area (Å²) in [5, 5.41) is 12.2. The van der Waals surface area contributed by atoms with Gasteiger partial charge in [0.25, 0.3) is 0 Å². The van der Waals surface area contributed by atoms with Gasteiger partial charge in [0, 0.05) is 41.0 Å². The van der Waals surface area contributed by atoms with Crippen molar-refractivity contribution in [1.82, 2.24) is 5.32 Å². The maximum absolute atomic E-state index is 8.88. The average Bonchev–Trinajstić information content (AvgIpc) is 2.38. The molecule has 0 aromatic rings. The fraction of sp³-hybridized carbons (Fsp3) is 1.00. The molecule has 1 heterocycles. The van der Waals surface area contributed by atoms with Gasteiger partial charge in [-0.2, -0.15) is 0 Å². The van der Waals surface area contributed by atoms with Crippen LogP contribution in [-0.4, -0.2) is 63.9 Å². The van der Waals surface area contributed by atoms with Crippen molar-refractivity contribution in [3.05, 3.63) is 0 Å². The Bertz CT molecular complexity index is 201. The summed E-state index contributed by atoms with van der Waals surface area (Å²) in [4.78, 5) is 0. The first-order valence-corrected chi connectivity index (χ1v) is 6.17. The van der Waals surface area contributed by atoms with E-state index in [-0.39, 0.29) is 18.8 Å². The van der Waals surface area contributed by atoms with Crippen LogP contribution in [0, 0.1) is 0 Å². The number of rotatable bonds is 7. The largest absolute Gasteiger partial charge is 0.396 e. The summed E-state index contributed by atoms with van der Waals surface area (Å²) < 4.78 is 16.8. The molecular formula is C12H25NO4. The monoisotopic (exact) mass is 247 g/mol. The van der Waals surface area contributed by atoms with Crippen molar-refractivity contribution in [1.29, 1.82) is 0 Å². The predicted molar refractivity (Wildman–Crippen MR) is 65.1 cm³/mol. The van der Waals surface area contributed by atoms with Crippen LogP contribution in [-0.2, 0) is 14.2 Å². The molecule has 0 aromatic carbocycles. The van der Waals surface area contributed by atoms with Crippen LogP contribution in [0.1, 0.15) is 19.3 Å². The number of ether oxygens (including phenoxy) is 3. The molecule has 0 aromatic heterocycles. The van der Waals surface area contributed by atoms with Crippen LogP contribution in [0.25, 0.3) is 0 Å². The van der Waals surface area contributed by atoms with E-state index in [1.807, 2.05) is 0 Å². The normalized spacial score (nSPS) is 33.9. The lowest BCUT2D eigenvalue weighted by Crippen LogP contribution is -2.65. The van der Waals surface area contributed by atoms with Crippen LogP contribution in [0.2, 0.25) is 0 Å². The van der Waals surface area contributed by atoms with Crippen LogP contribution < -0.4 is 5.32 Å². The number of unbranched alkanes of at least 4 members (excludes halogenated alkanes) is 1. The van der Waals surface area contributed by atoms with E-state index >= 15 is 0 Å². The third kappa shape index (κ3) is 3.17. The van der Waals surface area contributed by atoms with Crippen molar-refractivity contribution < 1.29 is 19.3 Å². The second kappa shape index (κ2) is 7.28. The Morgan fingerprint density at radius 2 is 1.71 bits per heavy atom.